The van der Waals surface area contributed by atoms with E-state index in [1.54, 1.807) is 0 Å². The van der Waals surface area contributed by atoms with E-state index in [9.17, 15) is 9.18 Å². The van der Waals surface area contributed by atoms with Crippen LogP contribution in [0.5, 0.6) is 0 Å². The van der Waals surface area contributed by atoms with Crippen molar-refractivity contribution in [3.63, 3.8) is 0 Å². The van der Waals surface area contributed by atoms with Crippen molar-refractivity contribution in [2.24, 2.45) is 5.92 Å². The van der Waals surface area contributed by atoms with Gasteiger partial charge in [0.2, 0.25) is 0 Å². The molecule has 4 nitrogen and oxygen atoms in total. The molecule has 0 bridgehead atoms. The van der Waals surface area contributed by atoms with Gasteiger partial charge in [-0.15, -0.1) is 0 Å². The molecule has 27 heavy (non-hydrogen) atoms. The van der Waals surface area contributed by atoms with Gasteiger partial charge >= 0.3 is 6.03 Å². The topological polar surface area (TPSA) is 44.4 Å². The second kappa shape index (κ2) is 8.89. The molecular formula is C22H28FN3O. The molecule has 2 N–H and O–H groups in total. The van der Waals surface area contributed by atoms with Crippen LogP contribution in [0.4, 0.5) is 14.9 Å². The van der Waals surface area contributed by atoms with Crippen LogP contribution in [-0.2, 0) is 6.42 Å². The number of urea groups is 1. The van der Waals surface area contributed by atoms with Crippen LogP contribution in [0.1, 0.15) is 23.1 Å². The van der Waals surface area contributed by atoms with Gasteiger partial charge in [-0.1, -0.05) is 23.8 Å². The second-order valence-electron chi connectivity index (χ2n) is 7.39. The molecule has 0 saturated carbocycles. The molecular weight excluding hydrogens is 341 g/mol. The van der Waals surface area contributed by atoms with Gasteiger partial charge in [0, 0.05) is 31.9 Å². The van der Waals surface area contributed by atoms with E-state index in [4.69, 9.17) is 0 Å². The minimum Gasteiger partial charge on any atom is -0.371 e. The van der Waals surface area contributed by atoms with Gasteiger partial charge in [0.15, 0.2) is 0 Å². The zero-order valence-electron chi connectivity index (χ0n) is 16.1. The number of nitrogens with one attached hydrogen (secondary N) is 2. The van der Waals surface area contributed by atoms with Crippen molar-refractivity contribution in [2.75, 3.05) is 31.1 Å². The number of halogens is 1. The van der Waals surface area contributed by atoms with E-state index in [1.165, 1.54) is 28.8 Å². The highest BCUT2D eigenvalue weighted by Gasteiger charge is 2.23. The summed E-state index contributed by atoms with van der Waals surface area (Å²) in [7, 11) is 0. The first-order chi connectivity index (χ1) is 13.0. The Bertz CT molecular complexity index is 776. The lowest BCUT2D eigenvalue weighted by atomic mass is 10.0. The predicted octanol–water partition coefficient (Wildman–Crippen LogP) is 3.81. The molecule has 2 amide bonds. The molecule has 144 valence electrons. The highest BCUT2D eigenvalue weighted by atomic mass is 19.1. The fraction of sp³-hybridized carbons (Fsp3) is 0.409. The molecule has 0 spiro atoms. The molecule has 2 aromatic rings. The number of carbonyl (C=O) groups is 1. The molecule has 0 aliphatic carbocycles. The van der Waals surface area contributed by atoms with Crippen LogP contribution in [0.15, 0.2) is 42.5 Å². The summed E-state index contributed by atoms with van der Waals surface area (Å²) >= 11 is 0. The first-order valence-electron chi connectivity index (χ1n) is 9.59. The minimum absolute atomic E-state index is 0.111. The molecule has 5 heteroatoms. The molecule has 1 aliphatic heterocycles. The monoisotopic (exact) mass is 369 g/mol. The second-order valence-corrected chi connectivity index (χ2v) is 7.39. The summed E-state index contributed by atoms with van der Waals surface area (Å²) < 4.78 is 13.0. The van der Waals surface area contributed by atoms with Crippen molar-refractivity contribution in [2.45, 2.75) is 26.7 Å². The summed E-state index contributed by atoms with van der Waals surface area (Å²) in [6.07, 6.45) is 1.86. The van der Waals surface area contributed by atoms with Crippen LogP contribution < -0.4 is 15.5 Å². The number of nitrogens with zero attached hydrogens (tertiary/aromatic N) is 1. The van der Waals surface area contributed by atoms with Crippen LogP contribution in [0.25, 0.3) is 0 Å². The molecule has 0 aromatic heterocycles. The van der Waals surface area contributed by atoms with E-state index in [1.807, 2.05) is 12.1 Å². The fourth-order valence-corrected chi connectivity index (χ4v) is 3.62. The van der Waals surface area contributed by atoms with Gasteiger partial charge in [-0.05, 0) is 68.0 Å². The number of amides is 2. The van der Waals surface area contributed by atoms with Crippen molar-refractivity contribution in [1.82, 2.24) is 10.6 Å². The lowest BCUT2D eigenvalue weighted by Gasteiger charge is -2.19. The third kappa shape index (κ3) is 5.46. The summed E-state index contributed by atoms with van der Waals surface area (Å²) in [5.41, 5.74) is 4.83. The van der Waals surface area contributed by atoms with Gasteiger partial charge < -0.3 is 15.5 Å². The highest BCUT2D eigenvalue weighted by molar-refractivity contribution is 5.73. The van der Waals surface area contributed by atoms with Gasteiger partial charge in [-0.3, -0.25) is 0 Å². The summed E-state index contributed by atoms with van der Waals surface area (Å²) in [5, 5.41) is 5.92. The maximum Gasteiger partial charge on any atom is 0.314 e. The van der Waals surface area contributed by atoms with Crippen LogP contribution in [0.2, 0.25) is 0 Å². The summed E-state index contributed by atoms with van der Waals surface area (Å²) in [6.45, 7) is 7.30. The Hall–Kier alpha value is -2.56. The van der Waals surface area contributed by atoms with Gasteiger partial charge in [0.25, 0.3) is 0 Å². The van der Waals surface area contributed by atoms with E-state index in [-0.39, 0.29) is 11.8 Å². The van der Waals surface area contributed by atoms with E-state index in [2.05, 4.69) is 47.6 Å². The maximum absolute atomic E-state index is 13.0. The smallest absolute Gasteiger partial charge is 0.314 e. The number of hydrogen-bond donors (Lipinski definition) is 2. The fourth-order valence-electron chi connectivity index (χ4n) is 3.62. The van der Waals surface area contributed by atoms with Gasteiger partial charge in [0.05, 0.1) is 0 Å². The molecule has 2 aromatic carbocycles. The van der Waals surface area contributed by atoms with Gasteiger partial charge in [-0.2, -0.15) is 0 Å². The van der Waals surface area contributed by atoms with Crippen molar-refractivity contribution < 1.29 is 9.18 Å². The molecule has 1 heterocycles. The number of hydrogen-bond acceptors (Lipinski definition) is 2. The van der Waals surface area contributed by atoms with Crippen molar-refractivity contribution in [3.8, 4) is 0 Å². The molecule has 1 fully saturated rings. The highest BCUT2D eigenvalue weighted by Crippen LogP contribution is 2.23. The Kier molecular flexibility index (Phi) is 6.32. The predicted molar refractivity (Wildman–Crippen MR) is 108 cm³/mol. The number of anilines is 1. The van der Waals surface area contributed by atoms with Crippen molar-refractivity contribution >= 4 is 11.7 Å². The number of carbonyl (C=O) groups excluding carboxylic acids is 1. The number of aryl methyl sites for hydroxylation is 2. The van der Waals surface area contributed by atoms with Crippen LogP contribution in [-0.4, -0.2) is 32.2 Å². The third-order valence-corrected chi connectivity index (χ3v) is 5.21. The zero-order chi connectivity index (χ0) is 19.2. The Labute approximate surface area is 160 Å². The number of benzene rings is 2. The van der Waals surface area contributed by atoms with Crippen LogP contribution in [0.3, 0.4) is 0 Å². The molecule has 1 aliphatic rings. The van der Waals surface area contributed by atoms with E-state index in [0.717, 1.165) is 31.6 Å². The minimum atomic E-state index is -0.214. The first kappa shape index (κ1) is 19.2. The van der Waals surface area contributed by atoms with E-state index < -0.39 is 0 Å². The molecule has 1 saturated heterocycles. The van der Waals surface area contributed by atoms with Gasteiger partial charge in [0.1, 0.15) is 5.82 Å². The standard InChI is InChI=1S/C22H28FN3O/c1-16-3-4-19(17(2)13-16)9-11-24-22(27)25-14-18-10-12-26(15-18)21-7-5-20(23)6-8-21/h3-8,13,18H,9-12,14-15H2,1-2H3,(H2,24,25,27). The molecule has 3 rings (SSSR count). The molecule has 1 unspecified atom stereocenters. The zero-order valence-corrected chi connectivity index (χ0v) is 16.1. The average molecular weight is 369 g/mol. The maximum atomic E-state index is 13.0. The molecule has 0 radical (unpaired) electrons. The normalized spacial score (nSPS) is 16.4. The largest absolute Gasteiger partial charge is 0.371 e. The summed E-state index contributed by atoms with van der Waals surface area (Å²) in [6, 6.07) is 12.9. The van der Waals surface area contributed by atoms with Crippen molar-refractivity contribution in [1.29, 1.82) is 0 Å². The average Bonchev–Trinajstić information content (AvgIpc) is 3.11. The quantitative estimate of drug-likeness (QED) is 0.813. The van der Waals surface area contributed by atoms with Crippen molar-refractivity contribution in [3.05, 3.63) is 65.0 Å². The SMILES string of the molecule is Cc1ccc(CCNC(=O)NCC2CCN(c3ccc(F)cc3)C2)c(C)c1. The lowest BCUT2D eigenvalue weighted by Crippen LogP contribution is -2.39. The number of rotatable bonds is 6. The summed E-state index contributed by atoms with van der Waals surface area (Å²) in [5.74, 6) is 0.203. The Balaban J connectivity index is 1.36. The van der Waals surface area contributed by atoms with E-state index >= 15 is 0 Å². The van der Waals surface area contributed by atoms with Gasteiger partial charge in [-0.25, -0.2) is 9.18 Å². The first-order valence-corrected chi connectivity index (χ1v) is 9.59. The van der Waals surface area contributed by atoms with E-state index in [0.29, 0.717) is 19.0 Å². The Morgan fingerprint density at radius 2 is 1.93 bits per heavy atom. The van der Waals surface area contributed by atoms with Crippen LogP contribution in [0, 0.1) is 25.6 Å². The third-order valence-electron chi connectivity index (χ3n) is 5.21. The Morgan fingerprint density at radius 3 is 2.67 bits per heavy atom. The summed E-state index contributed by atoms with van der Waals surface area (Å²) in [4.78, 5) is 14.3. The lowest BCUT2D eigenvalue weighted by molar-refractivity contribution is 0.239. The van der Waals surface area contributed by atoms with Crippen LogP contribution >= 0.6 is 0 Å². The molecule has 1 atom stereocenters. The Morgan fingerprint density at radius 1 is 1.15 bits per heavy atom.